The largest absolute Gasteiger partial charge is 0.497 e. The van der Waals surface area contributed by atoms with Gasteiger partial charge in [0.2, 0.25) is 0 Å². The molecule has 0 saturated heterocycles. The van der Waals surface area contributed by atoms with Crippen LogP contribution < -0.4 is 15.8 Å². The van der Waals surface area contributed by atoms with Gasteiger partial charge in [0.05, 0.1) is 12.7 Å². The summed E-state index contributed by atoms with van der Waals surface area (Å²) in [4.78, 5) is 16.6. The van der Waals surface area contributed by atoms with Crippen molar-refractivity contribution in [1.82, 2.24) is 10.3 Å². The van der Waals surface area contributed by atoms with Gasteiger partial charge in [0, 0.05) is 30.5 Å². The minimum atomic E-state index is -0.144. The average molecular weight is 400 g/mol. The van der Waals surface area contributed by atoms with Gasteiger partial charge < -0.3 is 15.8 Å². The van der Waals surface area contributed by atoms with Crippen LogP contribution in [0, 0.1) is 5.92 Å². The number of ether oxygens (including phenoxy) is 1. The van der Waals surface area contributed by atoms with Crippen molar-refractivity contribution in [2.24, 2.45) is 11.7 Å². The molecule has 0 bridgehead atoms. The van der Waals surface area contributed by atoms with Crippen LogP contribution in [-0.2, 0) is 0 Å². The summed E-state index contributed by atoms with van der Waals surface area (Å²) >= 11 is 0. The van der Waals surface area contributed by atoms with E-state index in [1.807, 2.05) is 30.3 Å². The Morgan fingerprint density at radius 2 is 1.81 bits per heavy atom. The van der Waals surface area contributed by atoms with E-state index in [9.17, 15) is 4.79 Å². The quantitative estimate of drug-likeness (QED) is 0.743. The Bertz CT molecular complexity index is 679. The van der Waals surface area contributed by atoms with Crippen LogP contribution in [-0.4, -0.2) is 30.6 Å². The number of nitrogens with zero attached hydrogens (tertiary/aromatic N) is 1. The van der Waals surface area contributed by atoms with Crippen LogP contribution in [0.25, 0.3) is 11.1 Å². The number of rotatable bonds is 7. The number of carbonyl (C=O) groups excluding carboxylic acids is 1. The van der Waals surface area contributed by atoms with Gasteiger partial charge in [-0.1, -0.05) is 26.0 Å². The van der Waals surface area contributed by atoms with Gasteiger partial charge in [0.25, 0.3) is 5.91 Å². The van der Waals surface area contributed by atoms with E-state index in [-0.39, 0.29) is 36.8 Å². The highest BCUT2D eigenvalue weighted by molar-refractivity contribution is 5.95. The van der Waals surface area contributed by atoms with E-state index >= 15 is 0 Å². The molecule has 0 saturated carbocycles. The minimum Gasteiger partial charge on any atom is -0.497 e. The molecule has 0 fully saturated rings. The maximum absolute atomic E-state index is 12.5. The molecule has 2 aromatic rings. The van der Waals surface area contributed by atoms with E-state index in [0.717, 1.165) is 23.3 Å². The molecule has 144 valence electrons. The van der Waals surface area contributed by atoms with E-state index in [2.05, 4.69) is 24.1 Å². The molecule has 2 rings (SSSR count). The van der Waals surface area contributed by atoms with Crippen LogP contribution in [0.1, 0.15) is 30.6 Å². The van der Waals surface area contributed by atoms with E-state index in [4.69, 9.17) is 10.5 Å². The predicted molar refractivity (Wildman–Crippen MR) is 110 cm³/mol. The summed E-state index contributed by atoms with van der Waals surface area (Å²) in [5, 5.41) is 2.99. The number of nitrogens with two attached hydrogens (primary N) is 1. The number of pyridine rings is 1. The number of benzene rings is 1. The number of carbonyl (C=O) groups is 1. The van der Waals surface area contributed by atoms with Crippen LogP contribution in [0.2, 0.25) is 0 Å². The fraction of sp³-hybridized carbons (Fsp3) is 0.368. The van der Waals surface area contributed by atoms with E-state index < -0.39 is 0 Å². The maximum atomic E-state index is 12.5. The monoisotopic (exact) mass is 399 g/mol. The number of halogens is 2. The Morgan fingerprint density at radius 3 is 2.35 bits per heavy atom. The molecule has 0 spiro atoms. The van der Waals surface area contributed by atoms with Gasteiger partial charge in [-0.05, 0) is 36.1 Å². The van der Waals surface area contributed by atoms with Crippen molar-refractivity contribution in [3.05, 3.63) is 48.3 Å². The zero-order valence-electron chi connectivity index (χ0n) is 15.3. The summed E-state index contributed by atoms with van der Waals surface area (Å²) in [7, 11) is 1.63. The number of aromatic nitrogens is 1. The number of nitrogens with one attached hydrogen (secondary N) is 1. The first-order chi connectivity index (χ1) is 11.5. The summed E-state index contributed by atoms with van der Waals surface area (Å²) in [5.74, 6) is 1.12. The van der Waals surface area contributed by atoms with E-state index in [1.54, 1.807) is 19.5 Å². The molecule has 1 unspecified atom stereocenters. The molecule has 3 N–H and O–H groups in total. The van der Waals surface area contributed by atoms with Crippen LogP contribution in [0.3, 0.4) is 0 Å². The fourth-order valence-electron chi connectivity index (χ4n) is 2.56. The smallest absolute Gasteiger partial charge is 0.253 e. The standard InChI is InChI=1S/C19H25N3O2.2ClH/c1-13(2)8-17(10-20)22-19(23)16-9-15(11-21-12-16)14-4-6-18(24-3)7-5-14;;/h4-7,9,11-13,17H,8,10,20H2,1-3H3,(H,22,23);2*1H. The average Bonchev–Trinajstić information content (AvgIpc) is 2.60. The summed E-state index contributed by atoms with van der Waals surface area (Å²) in [6.07, 6.45) is 4.17. The van der Waals surface area contributed by atoms with Crippen LogP contribution in [0.4, 0.5) is 0 Å². The second kappa shape index (κ2) is 11.7. The third-order valence-electron chi connectivity index (χ3n) is 3.80. The molecule has 1 aromatic carbocycles. The lowest BCUT2D eigenvalue weighted by molar-refractivity contribution is 0.0933. The lowest BCUT2D eigenvalue weighted by Crippen LogP contribution is -2.41. The molecule has 1 aromatic heterocycles. The van der Waals surface area contributed by atoms with Gasteiger partial charge in [0.15, 0.2) is 0 Å². The van der Waals surface area contributed by atoms with Crippen molar-refractivity contribution in [3.63, 3.8) is 0 Å². The molecule has 7 heteroatoms. The molecular formula is C19H27Cl2N3O2. The number of hydrogen-bond acceptors (Lipinski definition) is 4. The first-order valence-electron chi connectivity index (χ1n) is 8.14. The van der Waals surface area contributed by atoms with Crippen molar-refractivity contribution in [1.29, 1.82) is 0 Å². The number of methoxy groups -OCH3 is 1. The lowest BCUT2D eigenvalue weighted by Gasteiger charge is -2.18. The zero-order chi connectivity index (χ0) is 17.5. The molecule has 0 aliphatic rings. The van der Waals surface area contributed by atoms with Gasteiger partial charge in [0.1, 0.15) is 5.75 Å². The molecule has 0 aliphatic heterocycles. The highest BCUT2D eigenvalue weighted by atomic mass is 35.5. The van der Waals surface area contributed by atoms with Gasteiger partial charge in [-0.2, -0.15) is 0 Å². The first-order valence-corrected chi connectivity index (χ1v) is 8.14. The first kappa shape index (κ1) is 24.2. The third-order valence-corrected chi connectivity index (χ3v) is 3.80. The molecule has 1 atom stereocenters. The zero-order valence-corrected chi connectivity index (χ0v) is 16.9. The normalized spacial score (nSPS) is 11.1. The molecule has 0 radical (unpaired) electrons. The minimum absolute atomic E-state index is 0. The van der Waals surface area contributed by atoms with Crippen LogP contribution in [0.15, 0.2) is 42.7 Å². The van der Waals surface area contributed by atoms with Crippen molar-refractivity contribution < 1.29 is 9.53 Å². The van der Waals surface area contributed by atoms with E-state index in [1.165, 1.54) is 0 Å². The Kier molecular flexibility index (Phi) is 10.9. The SMILES string of the molecule is COc1ccc(-c2cncc(C(=O)NC(CN)CC(C)C)c2)cc1.Cl.Cl. The second-order valence-electron chi connectivity index (χ2n) is 6.23. The van der Waals surface area contributed by atoms with Crippen molar-refractivity contribution in [2.45, 2.75) is 26.3 Å². The van der Waals surface area contributed by atoms with Crippen molar-refractivity contribution >= 4 is 30.7 Å². The lowest BCUT2D eigenvalue weighted by atomic mass is 10.0. The third kappa shape index (κ3) is 6.83. The molecule has 1 amide bonds. The van der Waals surface area contributed by atoms with Gasteiger partial charge in [-0.25, -0.2) is 0 Å². The molecule has 0 aliphatic carbocycles. The van der Waals surface area contributed by atoms with Crippen LogP contribution >= 0.6 is 24.8 Å². The Morgan fingerprint density at radius 1 is 1.15 bits per heavy atom. The van der Waals surface area contributed by atoms with Gasteiger partial charge >= 0.3 is 0 Å². The molecule has 1 heterocycles. The second-order valence-corrected chi connectivity index (χ2v) is 6.23. The van der Waals surface area contributed by atoms with E-state index in [0.29, 0.717) is 18.0 Å². The topological polar surface area (TPSA) is 77.2 Å². The van der Waals surface area contributed by atoms with Crippen LogP contribution in [0.5, 0.6) is 5.75 Å². The highest BCUT2D eigenvalue weighted by Crippen LogP contribution is 2.22. The molecule has 5 nitrogen and oxygen atoms in total. The van der Waals surface area contributed by atoms with Gasteiger partial charge in [-0.15, -0.1) is 24.8 Å². The summed E-state index contributed by atoms with van der Waals surface area (Å²) in [6, 6.07) is 9.47. The maximum Gasteiger partial charge on any atom is 0.253 e. The van der Waals surface area contributed by atoms with Crippen molar-refractivity contribution in [2.75, 3.05) is 13.7 Å². The Labute approximate surface area is 167 Å². The molecule has 26 heavy (non-hydrogen) atoms. The summed E-state index contributed by atoms with van der Waals surface area (Å²) in [5.41, 5.74) is 8.16. The predicted octanol–water partition coefficient (Wildman–Crippen LogP) is 3.70. The summed E-state index contributed by atoms with van der Waals surface area (Å²) < 4.78 is 5.16. The highest BCUT2D eigenvalue weighted by Gasteiger charge is 2.14. The van der Waals surface area contributed by atoms with Gasteiger partial charge in [-0.3, -0.25) is 9.78 Å². The number of hydrogen-bond donors (Lipinski definition) is 2. The Balaban J connectivity index is 0.00000312. The number of amides is 1. The molecular weight excluding hydrogens is 373 g/mol. The Hall–Kier alpha value is -1.82. The summed E-state index contributed by atoms with van der Waals surface area (Å²) in [6.45, 7) is 4.65. The van der Waals surface area contributed by atoms with Crippen molar-refractivity contribution in [3.8, 4) is 16.9 Å². The fourth-order valence-corrected chi connectivity index (χ4v) is 2.56.